The monoisotopic (exact) mass is 307 g/mol. The molecule has 9 nitrogen and oxygen atoms in total. The van der Waals surface area contributed by atoms with Gasteiger partial charge in [-0.05, 0) is 0 Å². The Morgan fingerprint density at radius 2 is 2.18 bits per heavy atom. The van der Waals surface area contributed by atoms with Gasteiger partial charge in [0.1, 0.15) is 11.8 Å². The van der Waals surface area contributed by atoms with Crippen molar-refractivity contribution in [3.63, 3.8) is 0 Å². The molecular weight excluding hydrogens is 286 g/mol. The third kappa shape index (κ3) is 4.37. The molecule has 22 heavy (non-hydrogen) atoms. The van der Waals surface area contributed by atoms with Crippen LogP contribution in [0.5, 0.6) is 0 Å². The number of imidazole rings is 1. The highest BCUT2D eigenvalue weighted by atomic mass is 16.5. The second-order valence-corrected chi connectivity index (χ2v) is 4.75. The van der Waals surface area contributed by atoms with Crippen LogP contribution in [0.1, 0.15) is 0 Å². The summed E-state index contributed by atoms with van der Waals surface area (Å²) in [4.78, 5) is 29.0. The molecule has 0 saturated heterocycles. The fourth-order valence-corrected chi connectivity index (χ4v) is 1.98. The van der Waals surface area contributed by atoms with Crippen LogP contribution in [0.2, 0.25) is 0 Å². The highest BCUT2D eigenvalue weighted by Crippen LogP contribution is 2.17. The van der Waals surface area contributed by atoms with Crippen LogP contribution in [0.25, 0.3) is 11.2 Å². The summed E-state index contributed by atoms with van der Waals surface area (Å²) in [6, 6.07) is 0. The van der Waals surface area contributed by atoms with E-state index in [-0.39, 0.29) is 12.5 Å². The first-order valence-electron chi connectivity index (χ1n) is 7.04. The van der Waals surface area contributed by atoms with Gasteiger partial charge in [0.2, 0.25) is 5.91 Å². The second-order valence-electron chi connectivity index (χ2n) is 4.75. The molecule has 1 amide bonds. The second kappa shape index (κ2) is 8.25. The number of fused-ring (bicyclic) bond motifs is 1. The van der Waals surface area contributed by atoms with Gasteiger partial charge in [0, 0.05) is 33.8 Å². The maximum Gasteiger partial charge on any atom is 0.239 e. The van der Waals surface area contributed by atoms with Crippen molar-refractivity contribution < 1.29 is 9.53 Å². The minimum Gasteiger partial charge on any atom is -0.383 e. The van der Waals surface area contributed by atoms with Crippen LogP contribution in [0.3, 0.4) is 0 Å². The molecule has 0 aliphatic rings. The smallest absolute Gasteiger partial charge is 0.239 e. The quantitative estimate of drug-likeness (QED) is 0.517. The summed E-state index contributed by atoms with van der Waals surface area (Å²) in [5, 5.41) is 6.01. The van der Waals surface area contributed by atoms with E-state index in [4.69, 9.17) is 4.74 Å². The van der Waals surface area contributed by atoms with Crippen molar-refractivity contribution in [2.45, 2.75) is 0 Å². The van der Waals surface area contributed by atoms with Crippen molar-refractivity contribution in [3.8, 4) is 0 Å². The molecule has 0 fully saturated rings. The zero-order valence-corrected chi connectivity index (χ0v) is 12.8. The fraction of sp³-hybridized carbons (Fsp3) is 0.538. The van der Waals surface area contributed by atoms with Crippen LogP contribution in [0.15, 0.2) is 12.7 Å². The highest BCUT2D eigenvalue weighted by molar-refractivity contribution is 5.86. The van der Waals surface area contributed by atoms with Crippen molar-refractivity contribution in [3.05, 3.63) is 12.7 Å². The van der Waals surface area contributed by atoms with Crippen molar-refractivity contribution >= 4 is 22.9 Å². The van der Waals surface area contributed by atoms with Crippen LogP contribution in [-0.2, 0) is 9.53 Å². The Balaban J connectivity index is 1.78. The van der Waals surface area contributed by atoms with Crippen LogP contribution in [-0.4, -0.2) is 72.8 Å². The predicted octanol–water partition coefficient (Wildman–Crippen LogP) is -0.859. The number of amides is 1. The van der Waals surface area contributed by atoms with E-state index in [1.54, 1.807) is 25.4 Å². The largest absolute Gasteiger partial charge is 0.383 e. The Kier molecular flexibility index (Phi) is 6.04. The number of aromatic amines is 1. The maximum atomic E-state index is 11.9. The average Bonchev–Trinajstić information content (AvgIpc) is 2.99. The lowest BCUT2D eigenvalue weighted by Crippen LogP contribution is -2.39. The fourth-order valence-electron chi connectivity index (χ4n) is 1.98. The number of rotatable bonds is 9. The molecule has 9 heteroatoms. The number of H-pyrrole nitrogens is 1. The van der Waals surface area contributed by atoms with Crippen LogP contribution >= 0.6 is 0 Å². The Morgan fingerprint density at radius 1 is 1.32 bits per heavy atom. The molecule has 2 heterocycles. The van der Waals surface area contributed by atoms with E-state index in [0.717, 1.165) is 12.1 Å². The number of hydrogen-bond acceptors (Lipinski definition) is 7. The highest BCUT2D eigenvalue weighted by Gasteiger charge is 2.13. The summed E-state index contributed by atoms with van der Waals surface area (Å²) in [6.45, 7) is 2.91. The Hall–Kier alpha value is -2.26. The number of ether oxygens (including phenoxy) is 1. The summed E-state index contributed by atoms with van der Waals surface area (Å²) < 4.78 is 4.92. The van der Waals surface area contributed by atoms with Crippen LogP contribution in [0, 0.1) is 0 Å². The van der Waals surface area contributed by atoms with Crippen LogP contribution in [0.4, 0.5) is 5.82 Å². The maximum absolute atomic E-state index is 11.9. The minimum absolute atomic E-state index is 0.0673. The molecule has 0 aromatic carbocycles. The minimum atomic E-state index is -0.0673. The van der Waals surface area contributed by atoms with Gasteiger partial charge in [0.25, 0.3) is 0 Å². The number of aromatic nitrogens is 4. The van der Waals surface area contributed by atoms with E-state index in [1.807, 2.05) is 0 Å². The molecule has 2 rings (SSSR count). The molecule has 0 saturated carbocycles. The first-order valence-corrected chi connectivity index (χ1v) is 7.04. The molecule has 0 radical (unpaired) electrons. The zero-order chi connectivity index (χ0) is 15.8. The van der Waals surface area contributed by atoms with Crippen molar-refractivity contribution in [1.29, 1.82) is 0 Å². The lowest BCUT2D eigenvalue weighted by atomic mass is 10.4. The number of carbonyl (C=O) groups is 1. The average molecular weight is 307 g/mol. The molecule has 2 aromatic rings. The normalized spacial score (nSPS) is 10.8. The van der Waals surface area contributed by atoms with Gasteiger partial charge in [0.15, 0.2) is 11.5 Å². The van der Waals surface area contributed by atoms with Gasteiger partial charge in [0.05, 0.1) is 19.5 Å². The first kappa shape index (κ1) is 16.1. The van der Waals surface area contributed by atoms with E-state index < -0.39 is 0 Å². The van der Waals surface area contributed by atoms with E-state index in [2.05, 4.69) is 30.6 Å². The van der Waals surface area contributed by atoms with Gasteiger partial charge >= 0.3 is 0 Å². The summed E-state index contributed by atoms with van der Waals surface area (Å²) in [5.41, 5.74) is 1.30. The SMILES string of the molecule is COCCNCCNC(=O)CN(C)c1ncnc2nc[nH]c12. The van der Waals surface area contributed by atoms with Crippen molar-refractivity contribution in [2.24, 2.45) is 0 Å². The molecule has 0 aliphatic carbocycles. The van der Waals surface area contributed by atoms with E-state index >= 15 is 0 Å². The summed E-state index contributed by atoms with van der Waals surface area (Å²) in [6.07, 6.45) is 3.00. The van der Waals surface area contributed by atoms with Gasteiger partial charge in [-0.15, -0.1) is 0 Å². The lowest BCUT2D eigenvalue weighted by Gasteiger charge is -2.17. The van der Waals surface area contributed by atoms with Crippen molar-refractivity contribution in [1.82, 2.24) is 30.6 Å². The number of likely N-dealkylation sites (N-methyl/N-ethyl adjacent to an activating group) is 1. The van der Waals surface area contributed by atoms with E-state index in [0.29, 0.717) is 31.2 Å². The molecule has 0 unspecified atom stereocenters. The molecular formula is C13H21N7O2. The zero-order valence-electron chi connectivity index (χ0n) is 12.8. The molecule has 0 bridgehead atoms. The Labute approximate surface area is 128 Å². The number of carbonyl (C=O) groups excluding carboxylic acids is 1. The summed E-state index contributed by atoms with van der Waals surface area (Å²) >= 11 is 0. The molecule has 0 atom stereocenters. The number of anilines is 1. The van der Waals surface area contributed by atoms with Gasteiger partial charge in [-0.1, -0.05) is 0 Å². The lowest BCUT2D eigenvalue weighted by molar-refractivity contribution is -0.119. The molecule has 0 spiro atoms. The third-order valence-electron chi connectivity index (χ3n) is 3.05. The Morgan fingerprint density at radius 3 is 3.00 bits per heavy atom. The predicted molar refractivity (Wildman–Crippen MR) is 82.7 cm³/mol. The summed E-state index contributed by atoms with van der Waals surface area (Å²) in [7, 11) is 3.46. The van der Waals surface area contributed by atoms with Gasteiger partial charge in [-0.2, -0.15) is 0 Å². The first-order chi connectivity index (χ1) is 10.7. The topological polar surface area (TPSA) is 108 Å². The summed E-state index contributed by atoms with van der Waals surface area (Å²) in [5.74, 6) is 0.582. The number of nitrogens with zero attached hydrogens (tertiary/aromatic N) is 4. The third-order valence-corrected chi connectivity index (χ3v) is 3.05. The standard InChI is InChI=1S/C13H21N7O2/c1-20(7-10(21)15-4-3-14-5-6-22-2)13-11-12(17-8-16-11)18-9-19-13/h8-9,14H,3-7H2,1-2H3,(H,15,21)(H,16,17,18,19). The molecule has 120 valence electrons. The number of hydrogen-bond donors (Lipinski definition) is 3. The van der Waals surface area contributed by atoms with E-state index in [1.165, 1.54) is 6.33 Å². The molecule has 2 aromatic heterocycles. The van der Waals surface area contributed by atoms with E-state index in [9.17, 15) is 4.79 Å². The molecule has 0 aliphatic heterocycles. The molecule has 3 N–H and O–H groups in total. The Bertz CT molecular complexity index is 601. The number of nitrogens with one attached hydrogen (secondary N) is 3. The van der Waals surface area contributed by atoms with Gasteiger partial charge < -0.3 is 25.3 Å². The van der Waals surface area contributed by atoms with Gasteiger partial charge in [-0.25, -0.2) is 15.0 Å². The van der Waals surface area contributed by atoms with Gasteiger partial charge in [-0.3, -0.25) is 4.79 Å². The van der Waals surface area contributed by atoms with Crippen LogP contribution < -0.4 is 15.5 Å². The number of methoxy groups -OCH3 is 1. The van der Waals surface area contributed by atoms with Crippen molar-refractivity contribution in [2.75, 3.05) is 51.8 Å².